The quantitative estimate of drug-likeness (QED) is 0.755. The largest absolute Gasteiger partial charge is 0.392 e. The van der Waals surface area contributed by atoms with Crippen LogP contribution in [0.4, 0.5) is 4.39 Å². The highest BCUT2D eigenvalue weighted by Crippen LogP contribution is 2.21. The summed E-state index contributed by atoms with van der Waals surface area (Å²) in [6.07, 6.45) is 1.35. The summed E-state index contributed by atoms with van der Waals surface area (Å²) in [5.74, 6) is -0.257. The van der Waals surface area contributed by atoms with Crippen molar-refractivity contribution in [3.63, 3.8) is 0 Å². The molecule has 4 nitrogen and oxygen atoms in total. The molecule has 0 fully saturated rings. The van der Waals surface area contributed by atoms with Gasteiger partial charge < -0.3 is 10.4 Å². The van der Waals surface area contributed by atoms with Crippen molar-refractivity contribution in [2.45, 2.75) is 19.6 Å². The van der Waals surface area contributed by atoms with Gasteiger partial charge in [-0.15, -0.1) is 0 Å². The number of aromatic nitrogens is 2. The first kappa shape index (κ1) is 12.7. The van der Waals surface area contributed by atoms with Crippen molar-refractivity contribution in [2.24, 2.45) is 0 Å². The highest BCUT2D eigenvalue weighted by atomic mass is 19.1. The Morgan fingerprint density at radius 1 is 1.39 bits per heavy atom. The number of aromatic amines is 1. The number of hydrogen-bond donors (Lipinski definition) is 3. The molecule has 5 heteroatoms. The smallest absolute Gasteiger partial charge is 0.123 e. The molecule has 0 amide bonds. The Hall–Kier alpha value is -1.72. The molecule has 0 radical (unpaired) electrons. The number of nitrogens with zero attached hydrogens (tertiary/aromatic N) is 1. The molecule has 1 atom stereocenters. The third-order valence-electron chi connectivity index (χ3n) is 2.61. The first-order chi connectivity index (χ1) is 8.66. The fourth-order valence-electron chi connectivity index (χ4n) is 1.73. The normalized spacial score (nSPS) is 12.6. The van der Waals surface area contributed by atoms with Crippen LogP contribution < -0.4 is 5.32 Å². The van der Waals surface area contributed by atoms with Gasteiger partial charge in [0.15, 0.2) is 0 Å². The van der Waals surface area contributed by atoms with Gasteiger partial charge >= 0.3 is 0 Å². The van der Waals surface area contributed by atoms with Crippen molar-refractivity contribution in [3.8, 4) is 11.3 Å². The molecule has 0 saturated carbocycles. The van der Waals surface area contributed by atoms with Crippen LogP contribution in [0.15, 0.2) is 30.5 Å². The van der Waals surface area contributed by atoms with Gasteiger partial charge in [0, 0.05) is 24.2 Å². The molecule has 1 aromatic heterocycles. The number of halogens is 1. The molecule has 1 unspecified atom stereocenters. The van der Waals surface area contributed by atoms with E-state index in [0.29, 0.717) is 13.1 Å². The van der Waals surface area contributed by atoms with Gasteiger partial charge in [-0.3, -0.25) is 5.10 Å². The Balaban J connectivity index is 2.10. The van der Waals surface area contributed by atoms with Gasteiger partial charge in [0.25, 0.3) is 0 Å². The molecular weight excluding hydrogens is 233 g/mol. The lowest BCUT2D eigenvalue weighted by molar-refractivity contribution is 0.191. The average Bonchev–Trinajstić information content (AvgIpc) is 2.78. The molecule has 0 aliphatic heterocycles. The lowest BCUT2D eigenvalue weighted by atomic mass is 10.1. The number of H-pyrrole nitrogens is 1. The number of rotatable bonds is 5. The number of aliphatic hydroxyl groups is 1. The van der Waals surface area contributed by atoms with Gasteiger partial charge in [0.2, 0.25) is 0 Å². The second kappa shape index (κ2) is 5.75. The fraction of sp³-hybridized carbons (Fsp3) is 0.308. The van der Waals surface area contributed by atoms with Gasteiger partial charge in [-0.05, 0) is 31.2 Å². The second-order valence-electron chi connectivity index (χ2n) is 4.26. The third kappa shape index (κ3) is 3.15. The molecule has 0 spiro atoms. The maximum absolute atomic E-state index is 12.9. The molecule has 96 valence electrons. The van der Waals surface area contributed by atoms with Gasteiger partial charge in [-0.2, -0.15) is 5.10 Å². The van der Waals surface area contributed by atoms with E-state index < -0.39 is 0 Å². The number of nitrogens with one attached hydrogen (secondary N) is 2. The fourth-order valence-corrected chi connectivity index (χ4v) is 1.73. The molecule has 18 heavy (non-hydrogen) atoms. The van der Waals surface area contributed by atoms with E-state index in [2.05, 4.69) is 15.5 Å². The number of aliphatic hydroxyl groups excluding tert-OH is 1. The zero-order valence-corrected chi connectivity index (χ0v) is 10.2. The summed E-state index contributed by atoms with van der Waals surface area (Å²) in [5, 5.41) is 19.2. The molecule has 0 aliphatic carbocycles. The van der Waals surface area contributed by atoms with Crippen LogP contribution in [0.25, 0.3) is 11.3 Å². The topological polar surface area (TPSA) is 60.9 Å². The highest BCUT2D eigenvalue weighted by molar-refractivity contribution is 5.62. The molecule has 2 aromatic rings. The molecule has 0 aliphatic rings. The molecule has 2 rings (SSSR count). The van der Waals surface area contributed by atoms with Crippen molar-refractivity contribution in [2.75, 3.05) is 6.54 Å². The van der Waals surface area contributed by atoms with Crippen LogP contribution in [0.3, 0.4) is 0 Å². The van der Waals surface area contributed by atoms with Crippen LogP contribution in [0.5, 0.6) is 0 Å². The Morgan fingerprint density at radius 2 is 2.11 bits per heavy atom. The number of benzene rings is 1. The van der Waals surface area contributed by atoms with Gasteiger partial charge in [0.05, 0.1) is 18.0 Å². The van der Waals surface area contributed by atoms with Crippen molar-refractivity contribution < 1.29 is 9.50 Å². The maximum atomic E-state index is 12.9. The summed E-state index contributed by atoms with van der Waals surface area (Å²) in [6, 6.07) is 6.26. The van der Waals surface area contributed by atoms with Crippen LogP contribution in [0.1, 0.15) is 12.5 Å². The minimum absolute atomic E-state index is 0.257. The van der Waals surface area contributed by atoms with E-state index in [-0.39, 0.29) is 11.9 Å². The molecule has 1 heterocycles. The molecular formula is C13H16FN3O. The lowest BCUT2D eigenvalue weighted by Gasteiger charge is -2.07. The van der Waals surface area contributed by atoms with E-state index in [9.17, 15) is 9.50 Å². The monoisotopic (exact) mass is 249 g/mol. The predicted molar refractivity (Wildman–Crippen MR) is 67.4 cm³/mol. The Bertz CT molecular complexity index is 493. The second-order valence-corrected chi connectivity index (χ2v) is 4.26. The molecule has 0 bridgehead atoms. The minimum atomic E-state index is -0.383. The van der Waals surface area contributed by atoms with Gasteiger partial charge in [-0.1, -0.05) is 0 Å². The van der Waals surface area contributed by atoms with E-state index >= 15 is 0 Å². The van der Waals surface area contributed by atoms with Crippen molar-refractivity contribution >= 4 is 0 Å². The summed E-state index contributed by atoms with van der Waals surface area (Å²) < 4.78 is 12.9. The Morgan fingerprint density at radius 3 is 2.78 bits per heavy atom. The minimum Gasteiger partial charge on any atom is -0.392 e. The molecule has 3 N–H and O–H groups in total. The number of hydrogen-bond acceptors (Lipinski definition) is 3. The van der Waals surface area contributed by atoms with E-state index in [1.165, 1.54) is 12.1 Å². The van der Waals surface area contributed by atoms with Crippen LogP contribution in [0.2, 0.25) is 0 Å². The van der Waals surface area contributed by atoms with Crippen molar-refractivity contribution in [1.82, 2.24) is 15.5 Å². The SMILES string of the molecule is CC(O)CNCc1cn[nH]c1-c1ccc(F)cc1. The van der Waals surface area contributed by atoms with Crippen LogP contribution in [-0.4, -0.2) is 28.0 Å². The third-order valence-corrected chi connectivity index (χ3v) is 2.61. The highest BCUT2D eigenvalue weighted by Gasteiger charge is 2.07. The molecule has 0 saturated heterocycles. The van der Waals surface area contributed by atoms with Crippen molar-refractivity contribution in [3.05, 3.63) is 41.8 Å². The summed E-state index contributed by atoms with van der Waals surface area (Å²) in [7, 11) is 0. The van der Waals surface area contributed by atoms with E-state index in [1.54, 1.807) is 25.3 Å². The zero-order chi connectivity index (χ0) is 13.0. The lowest BCUT2D eigenvalue weighted by Crippen LogP contribution is -2.23. The average molecular weight is 249 g/mol. The van der Waals surface area contributed by atoms with Crippen LogP contribution in [-0.2, 0) is 6.54 Å². The van der Waals surface area contributed by atoms with Crippen LogP contribution in [0, 0.1) is 5.82 Å². The van der Waals surface area contributed by atoms with E-state index in [1.807, 2.05) is 0 Å². The Labute approximate surface area is 105 Å². The van der Waals surface area contributed by atoms with Gasteiger partial charge in [-0.25, -0.2) is 4.39 Å². The van der Waals surface area contributed by atoms with E-state index in [4.69, 9.17) is 0 Å². The van der Waals surface area contributed by atoms with Crippen molar-refractivity contribution in [1.29, 1.82) is 0 Å². The predicted octanol–water partition coefficient (Wildman–Crippen LogP) is 1.69. The standard InChI is InChI=1S/C13H16FN3O/c1-9(18)6-15-7-11-8-16-17-13(11)10-2-4-12(14)5-3-10/h2-5,8-9,15,18H,6-7H2,1H3,(H,16,17). The van der Waals surface area contributed by atoms with E-state index in [0.717, 1.165) is 16.8 Å². The first-order valence-corrected chi connectivity index (χ1v) is 5.84. The summed E-state index contributed by atoms with van der Waals surface area (Å²) in [5.41, 5.74) is 2.75. The van der Waals surface area contributed by atoms with Gasteiger partial charge in [0.1, 0.15) is 5.82 Å². The summed E-state index contributed by atoms with van der Waals surface area (Å²) >= 11 is 0. The summed E-state index contributed by atoms with van der Waals surface area (Å²) in [6.45, 7) is 2.85. The Kier molecular flexibility index (Phi) is 4.07. The molecule has 1 aromatic carbocycles. The summed E-state index contributed by atoms with van der Waals surface area (Å²) in [4.78, 5) is 0. The first-order valence-electron chi connectivity index (χ1n) is 5.84. The maximum Gasteiger partial charge on any atom is 0.123 e. The zero-order valence-electron chi connectivity index (χ0n) is 10.2. The van der Waals surface area contributed by atoms with Crippen LogP contribution >= 0.6 is 0 Å².